The van der Waals surface area contributed by atoms with Crippen LogP contribution in [0.15, 0.2) is 0 Å². The van der Waals surface area contributed by atoms with Gasteiger partial charge in [-0.2, -0.15) is 0 Å². The van der Waals surface area contributed by atoms with E-state index in [9.17, 15) is 0 Å². The Labute approximate surface area is 112 Å². The van der Waals surface area contributed by atoms with Gasteiger partial charge in [0.25, 0.3) is 0 Å². The Kier molecular flexibility index (Phi) is 3.95. The summed E-state index contributed by atoms with van der Waals surface area (Å²) in [6, 6.07) is 0.806. The monoisotopic (exact) mass is 251 g/mol. The second-order valence-electron chi connectivity index (χ2n) is 6.83. The highest BCUT2D eigenvalue weighted by atomic mass is 16.5. The zero-order chi connectivity index (χ0) is 12.5. The maximum atomic E-state index is 6.27. The number of rotatable bonds is 1. The van der Waals surface area contributed by atoms with E-state index in [0.717, 1.165) is 30.5 Å². The van der Waals surface area contributed by atoms with Crippen LogP contribution in [0.5, 0.6) is 0 Å². The quantitative estimate of drug-likeness (QED) is 0.705. The summed E-state index contributed by atoms with van der Waals surface area (Å²) in [5.74, 6) is 2.60. The standard InChI is InChI=1S/C16H29NO/c1-3-13-8-9-15-12(2)14-6-4-5-7-16(14)18-11-17(15)10-13/h12-16H,3-11H2,1-2H3/t12-,13+,14-,15-,16+/m1/s1. The van der Waals surface area contributed by atoms with Crippen LogP contribution in [0.1, 0.15) is 58.8 Å². The molecule has 3 rings (SSSR count). The molecule has 104 valence electrons. The fourth-order valence-electron chi connectivity index (χ4n) is 4.64. The number of fused-ring (bicyclic) bond motifs is 2. The Morgan fingerprint density at radius 3 is 2.78 bits per heavy atom. The number of nitrogens with zero attached hydrogens (tertiary/aromatic N) is 1. The second kappa shape index (κ2) is 5.50. The van der Waals surface area contributed by atoms with Crippen molar-refractivity contribution >= 4 is 0 Å². The van der Waals surface area contributed by atoms with Crippen molar-refractivity contribution in [3.8, 4) is 0 Å². The fourth-order valence-corrected chi connectivity index (χ4v) is 4.64. The average molecular weight is 251 g/mol. The van der Waals surface area contributed by atoms with Gasteiger partial charge in [-0.15, -0.1) is 0 Å². The van der Waals surface area contributed by atoms with Crippen LogP contribution in [0.25, 0.3) is 0 Å². The molecule has 0 aromatic heterocycles. The third-order valence-electron chi connectivity index (χ3n) is 5.90. The Morgan fingerprint density at radius 2 is 1.94 bits per heavy atom. The van der Waals surface area contributed by atoms with Gasteiger partial charge < -0.3 is 4.74 Å². The largest absolute Gasteiger partial charge is 0.363 e. The lowest BCUT2D eigenvalue weighted by atomic mass is 9.73. The molecule has 0 amide bonds. The summed E-state index contributed by atoms with van der Waals surface area (Å²) in [7, 11) is 0. The molecule has 0 spiro atoms. The van der Waals surface area contributed by atoms with Crippen molar-refractivity contribution in [2.24, 2.45) is 17.8 Å². The van der Waals surface area contributed by atoms with Crippen molar-refractivity contribution in [2.75, 3.05) is 13.3 Å². The van der Waals surface area contributed by atoms with Crippen LogP contribution >= 0.6 is 0 Å². The Bertz CT molecular complexity index is 280. The molecular formula is C16H29NO. The van der Waals surface area contributed by atoms with Crippen LogP contribution in [0, 0.1) is 17.8 Å². The molecule has 2 saturated heterocycles. The number of piperidine rings is 1. The number of hydrogen-bond acceptors (Lipinski definition) is 2. The lowest BCUT2D eigenvalue weighted by Gasteiger charge is -2.42. The summed E-state index contributed by atoms with van der Waals surface area (Å²) in [5.41, 5.74) is 0. The number of hydrogen-bond donors (Lipinski definition) is 0. The molecule has 5 atom stereocenters. The molecule has 0 radical (unpaired) electrons. The summed E-state index contributed by atoms with van der Waals surface area (Å²) < 4.78 is 6.27. The van der Waals surface area contributed by atoms with E-state index in [0.29, 0.717) is 6.10 Å². The summed E-state index contributed by atoms with van der Waals surface area (Å²) in [6.07, 6.45) is 10.3. The van der Waals surface area contributed by atoms with E-state index in [4.69, 9.17) is 4.74 Å². The van der Waals surface area contributed by atoms with E-state index in [1.54, 1.807) is 0 Å². The van der Waals surface area contributed by atoms with Gasteiger partial charge in [-0.25, -0.2) is 0 Å². The van der Waals surface area contributed by atoms with Crippen molar-refractivity contribution in [1.82, 2.24) is 4.90 Å². The van der Waals surface area contributed by atoms with Crippen molar-refractivity contribution in [3.63, 3.8) is 0 Å². The van der Waals surface area contributed by atoms with Gasteiger partial charge in [0.1, 0.15) is 0 Å². The molecule has 2 heteroatoms. The maximum absolute atomic E-state index is 6.27. The molecule has 2 heterocycles. The lowest BCUT2D eigenvalue weighted by molar-refractivity contribution is -0.0526. The van der Waals surface area contributed by atoms with Gasteiger partial charge in [0.05, 0.1) is 12.8 Å². The van der Waals surface area contributed by atoms with E-state index >= 15 is 0 Å². The van der Waals surface area contributed by atoms with Gasteiger partial charge in [0.15, 0.2) is 0 Å². The van der Waals surface area contributed by atoms with Gasteiger partial charge in [0.2, 0.25) is 0 Å². The molecule has 0 aromatic carbocycles. The number of ether oxygens (including phenoxy) is 1. The maximum Gasteiger partial charge on any atom is 0.0996 e. The lowest BCUT2D eigenvalue weighted by Crippen LogP contribution is -2.47. The van der Waals surface area contributed by atoms with E-state index in [1.165, 1.54) is 51.5 Å². The molecule has 18 heavy (non-hydrogen) atoms. The van der Waals surface area contributed by atoms with Crippen molar-refractivity contribution in [3.05, 3.63) is 0 Å². The Morgan fingerprint density at radius 1 is 1.11 bits per heavy atom. The SMILES string of the molecule is CC[C@H]1CC[C@@H]2[C@H](C)[C@H]3CCCC[C@@H]3OCN2C1. The Balaban J connectivity index is 1.73. The molecule has 0 bridgehead atoms. The highest BCUT2D eigenvalue weighted by molar-refractivity contribution is 4.92. The first-order valence-corrected chi connectivity index (χ1v) is 8.15. The van der Waals surface area contributed by atoms with Gasteiger partial charge in [-0.3, -0.25) is 4.90 Å². The molecule has 3 aliphatic rings. The van der Waals surface area contributed by atoms with Crippen molar-refractivity contribution in [1.29, 1.82) is 0 Å². The predicted octanol–water partition coefficient (Wildman–Crippen LogP) is 3.66. The smallest absolute Gasteiger partial charge is 0.0996 e. The van der Waals surface area contributed by atoms with Crippen molar-refractivity contribution < 1.29 is 4.74 Å². The first-order valence-electron chi connectivity index (χ1n) is 8.15. The van der Waals surface area contributed by atoms with Gasteiger partial charge in [-0.1, -0.05) is 33.1 Å². The molecule has 0 aromatic rings. The highest BCUT2D eigenvalue weighted by Gasteiger charge is 2.41. The second-order valence-corrected chi connectivity index (χ2v) is 6.83. The first kappa shape index (κ1) is 12.9. The topological polar surface area (TPSA) is 12.5 Å². The zero-order valence-corrected chi connectivity index (χ0v) is 12.1. The Hall–Kier alpha value is -0.0800. The molecule has 2 aliphatic heterocycles. The molecule has 2 nitrogen and oxygen atoms in total. The summed E-state index contributed by atoms with van der Waals surface area (Å²) in [4.78, 5) is 2.67. The molecule has 1 saturated carbocycles. The van der Waals surface area contributed by atoms with Crippen LogP contribution in [-0.2, 0) is 4.74 Å². The summed E-state index contributed by atoms with van der Waals surface area (Å²) in [5, 5.41) is 0. The zero-order valence-electron chi connectivity index (χ0n) is 12.1. The van der Waals surface area contributed by atoms with Crippen LogP contribution in [0.3, 0.4) is 0 Å². The minimum Gasteiger partial charge on any atom is -0.363 e. The van der Waals surface area contributed by atoms with Crippen molar-refractivity contribution in [2.45, 2.75) is 70.9 Å². The normalized spacial score (nSPS) is 46.0. The third kappa shape index (κ3) is 2.34. The first-order chi connectivity index (χ1) is 8.79. The van der Waals surface area contributed by atoms with Crippen LogP contribution < -0.4 is 0 Å². The summed E-state index contributed by atoms with van der Waals surface area (Å²) in [6.45, 7) is 7.03. The van der Waals surface area contributed by atoms with E-state index in [1.807, 2.05) is 0 Å². The third-order valence-corrected chi connectivity index (χ3v) is 5.90. The van der Waals surface area contributed by atoms with Crippen LogP contribution in [-0.4, -0.2) is 30.3 Å². The van der Waals surface area contributed by atoms with E-state index < -0.39 is 0 Å². The van der Waals surface area contributed by atoms with Gasteiger partial charge in [-0.05, 0) is 43.4 Å². The molecule has 1 aliphatic carbocycles. The fraction of sp³-hybridized carbons (Fsp3) is 1.00. The van der Waals surface area contributed by atoms with Crippen LogP contribution in [0.4, 0.5) is 0 Å². The molecule has 3 fully saturated rings. The predicted molar refractivity (Wildman–Crippen MR) is 74.4 cm³/mol. The molecule has 0 N–H and O–H groups in total. The molecular weight excluding hydrogens is 222 g/mol. The minimum absolute atomic E-state index is 0.569. The van der Waals surface area contributed by atoms with Crippen LogP contribution in [0.2, 0.25) is 0 Å². The van der Waals surface area contributed by atoms with Gasteiger partial charge in [0, 0.05) is 12.6 Å². The highest BCUT2D eigenvalue weighted by Crippen LogP contribution is 2.41. The van der Waals surface area contributed by atoms with E-state index in [2.05, 4.69) is 18.7 Å². The molecule has 0 unspecified atom stereocenters. The minimum atomic E-state index is 0.569. The van der Waals surface area contributed by atoms with Gasteiger partial charge >= 0.3 is 0 Å². The average Bonchev–Trinajstić information content (AvgIpc) is 2.57. The summed E-state index contributed by atoms with van der Waals surface area (Å²) >= 11 is 0. The van der Waals surface area contributed by atoms with E-state index in [-0.39, 0.29) is 0 Å².